The van der Waals surface area contributed by atoms with Crippen LogP contribution in [-0.4, -0.2) is 41.8 Å². The SMILES string of the molecule is Br.COc1ccc2c(c1)[C@@]13CCCC[C@H]1[C@@H](C2)N(C(C)(C)CO)CC3. The van der Waals surface area contributed by atoms with Gasteiger partial charge in [0.1, 0.15) is 5.75 Å². The van der Waals surface area contributed by atoms with E-state index in [0.717, 1.165) is 24.6 Å². The van der Waals surface area contributed by atoms with E-state index < -0.39 is 0 Å². The molecule has 3 atom stereocenters. The van der Waals surface area contributed by atoms with Gasteiger partial charge in [0.05, 0.1) is 13.7 Å². The molecule has 0 spiro atoms. The summed E-state index contributed by atoms with van der Waals surface area (Å²) >= 11 is 0. The van der Waals surface area contributed by atoms with Gasteiger partial charge in [-0.1, -0.05) is 18.9 Å². The molecule has 25 heavy (non-hydrogen) atoms. The highest BCUT2D eigenvalue weighted by molar-refractivity contribution is 8.93. The van der Waals surface area contributed by atoms with E-state index in [4.69, 9.17) is 4.74 Å². The third kappa shape index (κ3) is 2.85. The van der Waals surface area contributed by atoms with Crippen LogP contribution in [0.1, 0.15) is 57.1 Å². The highest BCUT2D eigenvalue weighted by atomic mass is 79.9. The third-order valence-electron chi connectivity index (χ3n) is 7.21. The Morgan fingerprint density at radius 2 is 2.08 bits per heavy atom. The van der Waals surface area contributed by atoms with Crippen molar-refractivity contribution >= 4 is 17.0 Å². The standard InChI is InChI=1S/C21H31NO2.BrH/c1-20(2,14-23)22-11-10-21-9-5-4-6-17(21)19(22)12-15-7-8-16(24-3)13-18(15)21;/h7-8,13,17,19,23H,4-6,9-12,14H2,1-3H3;1H/t17-,19+,21+;/m0./s1. The van der Waals surface area contributed by atoms with Crippen LogP contribution < -0.4 is 4.74 Å². The van der Waals surface area contributed by atoms with Crippen molar-refractivity contribution < 1.29 is 9.84 Å². The number of ether oxygens (including phenoxy) is 1. The molecule has 1 heterocycles. The summed E-state index contributed by atoms with van der Waals surface area (Å²) in [7, 11) is 1.77. The molecule has 0 aromatic heterocycles. The molecule has 140 valence electrons. The average molecular weight is 410 g/mol. The third-order valence-corrected chi connectivity index (χ3v) is 7.21. The van der Waals surface area contributed by atoms with Crippen LogP contribution in [0.4, 0.5) is 0 Å². The summed E-state index contributed by atoms with van der Waals surface area (Å²) in [5.41, 5.74) is 3.30. The number of hydrogen-bond acceptors (Lipinski definition) is 3. The first kappa shape index (κ1) is 19.2. The van der Waals surface area contributed by atoms with E-state index in [1.807, 2.05) is 0 Å². The lowest BCUT2D eigenvalue weighted by atomic mass is 9.52. The molecular formula is C21H32BrNO2. The first-order valence-corrected chi connectivity index (χ1v) is 9.57. The van der Waals surface area contributed by atoms with Crippen molar-refractivity contribution in [1.82, 2.24) is 4.90 Å². The largest absolute Gasteiger partial charge is 0.497 e. The quantitative estimate of drug-likeness (QED) is 0.815. The first-order chi connectivity index (χ1) is 11.5. The van der Waals surface area contributed by atoms with Gasteiger partial charge in [-0.05, 0) is 75.3 Å². The number of aliphatic hydroxyl groups excluding tert-OH is 1. The van der Waals surface area contributed by atoms with Gasteiger partial charge in [0.2, 0.25) is 0 Å². The van der Waals surface area contributed by atoms with E-state index in [0.29, 0.717) is 11.5 Å². The average Bonchev–Trinajstić information content (AvgIpc) is 2.61. The van der Waals surface area contributed by atoms with Gasteiger partial charge in [-0.15, -0.1) is 17.0 Å². The Labute approximate surface area is 162 Å². The molecule has 2 bridgehead atoms. The highest BCUT2D eigenvalue weighted by Gasteiger charge is 2.55. The molecule has 1 aromatic carbocycles. The molecule has 0 radical (unpaired) electrons. The fourth-order valence-corrected chi connectivity index (χ4v) is 5.95. The van der Waals surface area contributed by atoms with Crippen LogP contribution in [0.5, 0.6) is 5.75 Å². The summed E-state index contributed by atoms with van der Waals surface area (Å²) in [4.78, 5) is 2.62. The normalized spacial score (nSPS) is 31.5. The van der Waals surface area contributed by atoms with E-state index in [-0.39, 0.29) is 29.1 Å². The maximum atomic E-state index is 9.94. The molecule has 1 aromatic rings. The van der Waals surface area contributed by atoms with Crippen molar-refractivity contribution in [2.24, 2.45) is 5.92 Å². The van der Waals surface area contributed by atoms with Crippen LogP contribution in [-0.2, 0) is 11.8 Å². The molecule has 3 nitrogen and oxygen atoms in total. The maximum absolute atomic E-state index is 9.94. The molecule has 0 amide bonds. The number of aliphatic hydroxyl groups is 1. The van der Waals surface area contributed by atoms with Crippen molar-refractivity contribution in [2.75, 3.05) is 20.3 Å². The molecule has 0 unspecified atom stereocenters. The van der Waals surface area contributed by atoms with Crippen molar-refractivity contribution in [3.05, 3.63) is 29.3 Å². The Morgan fingerprint density at radius 1 is 1.28 bits per heavy atom. The molecule has 1 N–H and O–H groups in total. The lowest BCUT2D eigenvalue weighted by Crippen LogP contribution is -2.66. The lowest BCUT2D eigenvalue weighted by Gasteiger charge is -2.61. The molecule has 1 aliphatic heterocycles. The topological polar surface area (TPSA) is 32.7 Å². The summed E-state index contributed by atoms with van der Waals surface area (Å²) in [6.07, 6.45) is 7.70. The monoisotopic (exact) mass is 409 g/mol. The molecule has 4 heteroatoms. The predicted octanol–water partition coefficient (Wildman–Crippen LogP) is 4.10. The lowest BCUT2D eigenvalue weighted by molar-refractivity contribution is -0.0745. The molecule has 3 aliphatic rings. The van der Waals surface area contributed by atoms with Gasteiger partial charge in [0.25, 0.3) is 0 Å². The van der Waals surface area contributed by atoms with E-state index in [1.165, 1.54) is 37.7 Å². The Morgan fingerprint density at radius 3 is 2.80 bits per heavy atom. The second-order valence-corrected chi connectivity index (χ2v) is 8.72. The second-order valence-electron chi connectivity index (χ2n) is 8.72. The summed E-state index contributed by atoms with van der Waals surface area (Å²) in [6.45, 7) is 5.74. The fraction of sp³-hybridized carbons (Fsp3) is 0.714. The van der Waals surface area contributed by atoms with Crippen LogP contribution in [0.15, 0.2) is 18.2 Å². The number of benzene rings is 1. The summed E-state index contributed by atoms with van der Waals surface area (Å²) in [5.74, 6) is 1.73. The van der Waals surface area contributed by atoms with Crippen LogP contribution >= 0.6 is 17.0 Å². The number of rotatable bonds is 3. The van der Waals surface area contributed by atoms with Crippen molar-refractivity contribution in [1.29, 1.82) is 0 Å². The number of nitrogens with zero attached hydrogens (tertiary/aromatic N) is 1. The minimum Gasteiger partial charge on any atom is -0.497 e. The fourth-order valence-electron chi connectivity index (χ4n) is 5.95. The van der Waals surface area contributed by atoms with E-state index in [9.17, 15) is 5.11 Å². The minimum atomic E-state index is -0.127. The summed E-state index contributed by atoms with van der Waals surface area (Å²) in [6, 6.07) is 7.32. The minimum absolute atomic E-state index is 0. The molecule has 2 fully saturated rings. The van der Waals surface area contributed by atoms with Crippen LogP contribution in [0.25, 0.3) is 0 Å². The number of hydrogen-bond donors (Lipinski definition) is 1. The second kappa shape index (κ2) is 6.86. The van der Waals surface area contributed by atoms with Gasteiger partial charge in [-0.2, -0.15) is 0 Å². The molecule has 4 rings (SSSR count). The van der Waals surface area contributed by atoms with Gasteiger partial charge in [0, 0.05) is 17.0 Å². The zero-order valence-electron chi connectivity index (χ0n) is 15.8. The molecule has 1 saturated heterocycles. The van der Waals surface area contributed by atoms with E-state index in [1.54, 1.807) is 12.7 Å². The first-order valence-electron chi connectivity index (χ1n) is 9.57. The van der Waals surface area contributed by atoms with Crippen molar-refractivity contribution in [3.8, 4) is 5.75 Å². The summed E-state index contributed by atoms with van der Waals surface area (Å²) < 4.78 is 5.54. The maximum Gasteiger partial charge on any atom is 0.119 e. The Hall–Kier alpha value is -0.580. The molecule has 1 saturated carbocycles. The zero-order chi connectivity index (χ0) is 16.9. The van der Waals surface area contributed by atoms with Gasteiger partial charge in [-0.3, -0.25) is 4.90 Å². The highest BCUT2D eigenvalue weighted by Crippen LogP contribution is 2.57. The van der Waals surface area contributed by atoms with Gasteiger partial charge < -0.3 is 9.84 Å². The van der Waals surface area contributed by atoms with Crippen molar-refractivity contribution in [2.45, 2.75) is 69.4 Å². The van der Waals surface area contributed by atoms with Crippen LogP contribution in [0, 0.1) is 5.92 Å². The predicted molar refractivity (Wildman–Crippen MR) is 107 cm³/mol. The summed E-state index contributed by atoms with van der Waals surface area (Å²) in [5, 5.41) is 9.94. The smallest absolute Gasteiger partial charge is 0.119 e. The molecule has 2 aliphatic carbocycles. The van der Waals surface area contributed by atoms with Crippen LogP contribution in [0.3, 0.4) is 0 Å². The number of piperidine rings is 1. The van der Waals surface area contributed by atoms with Crippen molar-refractivity contribution in [3.63, 3.8) is 0 Å². The van der Waals surface area contributed by atoms with E-state index >= 15 is 0 Å². The number of fused-ring (bicyclic) bond motifs is 1. The van der Waals surface area contributed by atoms with E-state index in [2.05, 4.69) is 36.9 Å². The number of halogens is 1. The van der Waals surface area contributed by atoms with Gasteiger partial charge >= 0.3 is 0 Å². The molecular weight excluding hydrogens is 378 g/mol. The van der Waals surface area contributed by atoms with Gasteiger partial charge in [-0.25, -0.2) is 0 Å². The Balaban J connectivity index is 0.00000182. The van der Waals surface area contributed by atoms with Crippen LogP contribution in [0.2, 0.25) is 0 Å². The number of likely N-dealkylation sites (tertiary alicyclic amines) is 1. The number of methoxy groups -OCH3 is 1. The Bertz CT molecular complexity index is 632. The Kier molecular flexibility index (Phi) is 5.27. The zero-order valence-corrected chi connectivity index (χ0v) is 17.5. The van der Waals surface area contributed by atoms with Gasteiger partial charge in [0.15, 0.2) is 0 Å².